The molecule has 120 valence electrons. The molecule has 0 bridgehead atoms. The molecule has 1 heterocycles. The highest BCUT2D eigenvalue weighted by molar-refractivity contribution is 5.70. The third kappa shape index (κ3) is 2.98. The second-order valence-electron chi connectivity index (χ2n) is 7.66. The van der Waals surface area contributed by atoms with Crippen molar-refractivity contribution in [2.45, 2.75) is 57.8 Å². The lowest BCUT2D eigenvalue weighted by Crippen LogP contribution is -2.49. The predicted molar refractivity (Wildman–Crippen MR) is 86.5 cm³/mol. The summed E-state index contributed by atoms with van der Waals surface area (Å²) < 4.78 is 5.42. The number of hydrogen-bond acceptors (Lipinski definition) is 3. The van der Waals surface area contributed by atoms with E-state index in [9.17, 15) is 4.79 Å². The van der Waals surface area contributed by atoms with Crippen molar-refractivity contribution in [2.24, 2.45) is 5.92 Å². The molecule has 1 aliphatic heterocycles. The SMILES string of the molecule is C[C@H]1N(Cc2ccccc2)C[C@H]2C[C@]21NC(=O)OC(C)(C)C. The molecule has 1 amide bonds. The van der Waals surface area contributed by atoms with E-state index >= 15 is 0 Å². The standard InChI is InChI=1S/C18H26N2O2/c1-13-18(19-16(21)22-17(2,3)4)10-15(18)12-20(13)11-14-8-6-5-7-9-14/h5-9,13,15H,10-12H2,1-4H3,(H,19,21)/t13-,15-,18-/m1/s1. The van der Waals surface area contributed by atoms with Crippen LogP contribution in [0.25, 0.3) is 0 Å². The Morgan fingerprint density at radius 1 is 1.36 bits per heavy atom. The molecule has 0 spiro atoms. The molecule has 4 nitrogen and oxygen atoms in total. The van der Waals surface area contributed by atoms with Crippen LogP contribution in [-0.2, 0) is 11.3 Å². The summed E-state index contributed by atoms with van der Waals surface area (Å²) in [4.78, 5) is 14.6. The Morgan fingerprint density at radius 2 is 2.05 bits per heavy atom. The van der Waals surface area contributed by atoms with Crippen molar-refractivity contribution in [1.29, 1.82) is 0 Å². The summed E-state index contributed by atoms with van der Waals surface area (Å²) >= 11 is 0. The lowest BCUT2D eigenvalue weighted by atomic mass is 10.1. The number of alkyl carbamates (subject to hydrolysis) is 1. The van der Waals surface area contributed by atoms with Crippen molar-refractivity contribution < 1.29 is 9.53 Å². The Balaban J connectivity index is 1.62. The topological polar surface area (TPSA) is 41.6 Å². The van der Waals surface area contributed by atoms with Crippen molar-refractivity contribution >= 4 is 6.09 Å². The smallest absolute Gasteiger partial charge is 0.408 e. The third-order valence-electron chi connectivity index (χ3n) is 4.86. The maximum absolute atomic E-state index is 12.1. The summed E-state index contributed by atoms with van der Waals surface area (Å²) in [6, 6.07) is 10.8. The second kappa shape index (κ2) is 5.27. The number of amides is 1. The fourth-order valence-electron chi connectivity index (χ4n) is 3.63. The molecule has 2 fully saturated rings. The van der Waals surface area contributed by atoms with Crippen molar-refractivity contribution in [3.8, 4) is 0 Å². The molecule has 1 saturated heterocycles. The Bertz CT molecular complexity index is 552. The van der Waals surface area contributed by atoms with Gasteiger partial charge in [-0.3, -0.25) is 4.90 Å². The van der Waals surface area contributed by atoms with Gasteiger partial charge < -0.3 is 10.1 Å². The van der Waals surface area contributed by atoms with Gasteiger partial charge in [-0.25, -0.2) is 4.79 Å². The first kappa shape index (κ1) is 15.3. The predicted octanol–water partition coefficient (Wildman–Crippen LogP) is 3.17. The van der Waals surface area contributed by atoms with E-state index in [-0.39, 0.29) is 11.6 Å². The van der Waals surface area contributed by atoms with Gasteiger partial charge in [0.15, 0.2) is 0 Å². The van der Waals surface area contributed by atoms with Gasteiger partial charge in [0, 0.05) is 19.1 Å². The quantitative estimate of drug-likeness (QED) is 0.932. The molecule has 1 N–H and O–H groups in total. The van der Waals surface area contributed by atoms with Gasteiger partial charge in [0.25, 0.3) is 0 Å². The molecule has 2 aliphatic rings. The molecular weight excluding hydrogens is 276 g/mol. The monoisotopic (exact) mass is 302 g/mol. The third-order valence-corrected chi connectivity index (χ3v) is 4.86. The minimum Gasteiger partial charge on any atom is -0.444 e. The highest BCUT2D eigenvalue weighted by Crippen LogP contribution is 2.53. The summed E-state index contributed by atoms with van der Waals surface area (Å²) in [5.74, 6) is 0.554. The van der Waals surface area contributed by atoms with Crippen LogP contribution >= 0.6 is 0 Å². The van der Waals surface area contributed by atoms with E-state index in [2.05, 4.69) is 41.4 Å². The number of nitrogens with zero attached hydrogens (tertiary/aromatic N) is 1. The lowest BCUT2D eigenvalue weighted by molar-refractivity contribution is 0.0472. The Kier molecular flexibility index (Phi) is 3.68. The van der Waals surface area contributed by atoms with Crippen LogP contribution in [0.2, 0.25) is 0 Å². The zero-order chi connectivity index (χ0) is 16.0. The van der Waals surface area contributed by atoms with Gasteiger partial charge in [-0.15, -0.1) is 0 Å². The number of nitrogens with one attached hydrogen (secondary N) is 1. The van der Waals surface area contributed by atoms with Crippen molar-refractivity contribution in [3.05, 3.63) is 35.9 Å². The lowest BCUT2D eigenvalue weighted by Gasteiger charge is -2.30. The average molecular weight is 302 g/mol. The van der Waals surface area contributed by atoms with Crippen molar-refractivity contribution in [3.63, 3.8) is 0 Å². The van der Waals surface area contributed by atoms with Crippen molar-refractivity contribution in [1.82, 2.24) is 10.2 Å². The largest absolute Gasteiger partial charge is 0.444 e. The Labute approximate surface area is 132 Å². The first-order valence-corrected chi connectivity index (χ1v) is 8.09. The summed E-state index contributed by atoms with van der Waals surface area (Å²) in [6.07, 6.45) is 0.780. The number of ether oxygens (including phenoxy) is 1. The summed E-state index contributed by atoms with van der Waals surface area (Å²) in [5.41, 5.74) is 0.788. The molecule has 4 heteroatoms. The van der Waals surface area contributed by atoms with Gasteiger partial charge >= 0.3 is 6.09 Å². The number of carbonyl (C=O) groups is 1. The van der Waals surface area contributed by atoms with Crippen LogP contribution in [0.5, 0.6) is 0 Å². The van der Waals surface area contributed by atoms with Crippen LogP contribution in [0, 0.1) is 5.92 Å². The molecule has 1 aliphatic carbocycles. The minimum absolute atomic E-state index is 0.0862. The van der Waals surface area contributed by atoms with Crippen LogP contribution in [0.1, 0.15) is 39.7 Å². The van der Waals surface area contributed by atoms with Crippen LogP contribution < -0.4 is 5.32 Å². The number of carbonyl (C=O) groups excluding carboxylic acids is 1. The number of fused-ring (bicyclic) bond motifs is 1. The van der Waals surface area contributed by atoms with E-state index in [1.807, 2.05) is 26.8 Å². The average Bonchev–Trinajstić information content (AvgIpc) is 3.03. The number of piperidine rings is 1. The van der Waals surface area contributed by atoms with Crippen LogP contribution in [-0.4, -0.2) is 34.7 Å². The first-order valence-electron chi connectivity index (χ1n) is 8.09. The highest BCUT2D eigenvalue weighted by atomic mass is 16.6. The number of rotatable bonds is 3. The van der Waals surface area contributed by atoms with E-state index in [1.54, 1.807) is 0 Å². The molecule has 3 rings (SSSR count). The maximum atomic E-state index is 12.1. The maximum Gasteiger partial charge on any atom is 0.408 e. The van der Waals surface area contributed by atoms with Gasteiger partial charge in [-0.1, -0.05) is 30.3 Å². The molecule has 0 unspecified atom stereocenters. The number of hydrogen-bond donors (Lipinski definition) is 1. The molecule has 1 aromatic rings. The van der Waals surface area contributed by atoms with Gasteiger partial charge in [0.2, 0.25) is 0 Å². The molecule has 3 atom stereocenters. The van der Waals surface area contributed by atoms with Crippen LogP contribution in [0.4, 0.5) is 4.79 Å². The zero-order valence-electron chi connectivity index (χ0n) is 13.9. The Hall–Kier alpha value is -1.55. The summed E-state index contributed by atoms with van der Waals surface area (Å²) in [5, 5.41) is 3.15. The van der Waals surface area contributed by atoms with Crippen LogP contribution in [0.15, 0.2) is 30.3 Å². The molecule has 22 heavy (non-hydrogen) atoms. The van der Waals surface area contributed by atoms with E-state index in [0.717, 1.165) is 19.5 Å². The molecule has 0 aromatic heterocycles. The summed E-state index contributed by atoms with van der Waals surface area (Å²) in [6.45, 7) is 9.90. The fourth-order valence-corrected chi connectivity index (χ4v) is 3.63. The van der Waals surface area contributed by atoms with Gasteiger partial charge in [0.05, 0.1) is 5.54 Å². The molecule has 1 saturated carbocycles. The molecular formula is C18H26N2O2. The highest BCUT2D eigenvalue weighted by Gasteiger charge is 2.65. The van der Waals surface area contributed by atoms with Gasteiger partial charge in [-0.2, -0.15) is 0 Å². The zero-order valence-corrected chi connectivity index (χ0v) is 13.9. The molecule has 0 radical (unpaired) electrons. The number of benzene rings is 1. The molecule has 1 aromatic carbocycles. The van der Waals surface area contributed by atoms with E-state index in [0.29, 0.717) is 12.0 Å². The summed E-state index contributed by atoms with van der Waals surface area (Å²) in [7, 11) is 0. The normalized spacial score (nSPS) is 30.7. The van der Waals surface area contributed by atoms with Gasteiger partial charge in [0.1, 0.15) is 5.60 Å². The van der Waals surface area contributed by atoms with Gasteiger partial charge in [-0.05, 0) is 45.6 Å². The van der Waals surface area contributed by atoms with E-state index in [4.69, 9.17) is 4.74 Å². The van der Waals surface area contributed by atoms with E-state index < -0.39 is 5.60 Å². The van der Waals surface area contributed by atoms with E-state index in [1.165, 1.54) is 5.56 Å². The second-order valence-corrected chi connectivity index (χ2v) is 7.66. The van der Waals surface area contributed by atoms with Crippen LogP contribution in [0.3, 0.4) is 0 Å². The fraction of sp³-hybridized carbons (Fsp3) is 0.611. The van der Waals surface area contributed by atoms with Crippen molar-refractivity contribution in [2.75, 3.05) is 6.54 Å². The minimum atomic E-state index is -0.448. The Morgan fingerprint density at radius 3 is 2.68 bits per heavy atom. The first-order chi connectivity index (χ1) is 10.3. The number of likely N-dealkylation sites (tertiary alicyclic amines) is 1.